The van der Waals surface area contributed by atoms with Crippen molar-refractivity contribution >= 4 is 11.8 Å². The molecule has 7 heteroatoms. The van der Waals surface area contributed by atoms with Gasteiger partial charge in [0.15, 0.2) is 11.5 Å². The topological polar surface area (TPSA) is 71.1 Å². The lowest BCUT2D eigenvalue weighted by Crippen LogP contribution is -2.50. The monoisotopic (exact) mass is 417 g/mol. The number of piperazine rings is 1. The van der Waals surface area contributed by atoms with Crippen molar-refractivity contribution < 1.29 is 19.1 Å². The van der Waals surface area contributed by atoms with E-state index in [2.05, 4.69) is 10.2 Å². The lowest BCUT2D eigenvalue weighted by atomic mass is 9.87. The van der Waals surface area contributed by atoms with E-state index < -0.39 is 0 Å². The summed E-state index contributed by atoms with van der Waals surface area (Å²) in [5.74, 6) is 1.98. The third-order valence-corrected chi connectivity index (χ3v) is 6.21. The minimum atomic E-state index is 0.0118. The Kier molecular flexibility index (Phi) is 8.37. The van der Waals surface area contributed by atoms with E-state index in [1.807, 2.05) is 23.1 Å². The molecule has 0 unspecified atom stereocenters. The zero-order valence-corrected chi connectivity index (χ0v) is 18.3. The number of hydrogen-bond acceptors (Lipinski definition) is 5. The Morgan fingerprint density at radius 2 is 1.70 bits per heavy atom. The van der Waals surface area contributed by atoms with Gasteiger partial charge in [-0.2, -0.15) is 0 Å². The summed E-state index contributed by atoms with van der Waals surface area (Å²) in [6, 6.07) is 5.96. The van der Waals surface area contributed by atoms with E-state index in [9.17, 15) is 9.59 Å². The summed E-state index contributed by atoms with van der Waals surface area (Å²) in [7, 11) is 3.27. The molecule has 1 saturated heterocycles. The normalized spacial score (nSPS) is 18.1. The minimum absolute atomic E-state index is 0.0118. The van der Waals surface area contributed by atoms with E-state index in [4.69, 9.17) is 9.47 Å². The molecule has 30 heavy (non-hydrogen) atoms. The quantitative estimate of drug-likeness (QED) is 0.704. The van der Waals surface area contributed by atoms with Gasteiger partial charge >= 0.3 is 0 Å². The van der Waals surface area contributed by atoms with Crippen LogP contribution in [0.4, 0.5) is 0 Å². The van der Waals surface area contributed by atoms with Crippen LogP contribution in [0.5, 0.6) is 11.5 Å². The van der Waals surface area contributed by atoms with Crippen LogP contribution >= 0.6 is 0 Å². The van der Waals surface area contributed by atoms with Crippen molar-refractivity contribution in [3.05, 3.63) is 23.8 Å². The Labute approximate surface area is 179 Å². The molecular weight excluding hydrogens is 382 g/mol. The Bertz CT molecular complexity index is 710. The summed E-state index contributed by atoms with van der Waals surface area (Å²) >= 11 is 0. The zero-order valence-electron chi connectivity index (χ0n) is 18.3. The van der Waals surface area contributed by atoms with Crippen molar-refractivity contribution in [1.82, 2.24) is 15.1 Å². The number of benzene rings is 1. The number of carbonyl (C=O) groups is 2. The van der Waals surface area contributed by atoms with E-state index in [0.29, 0.717) is 25.4 Å². The standard InChI is InChI=1S/C23H35N3O4/c1-29-20-9-8-19(14-21(20)30-2)17-25-10-12-26(13-11-25)23(28)16-24-22(27)15-18-6-4-3-5-7-18/h8-9,14,18H,3-7,10-13,15-17H2,1-2H3,(H,24,27). The first-order valence-corrected chi connectivity index (χ1v) is 11.1. The summed E-state index contributed by atoms with van der Waals surface area (Å²) in [5, 5.41) is 2.83. The summed E-state index contributed by atoms with van der Waals surface area (Å²) in [6.07, 6.45) is 6.59. The van der Waals surface area contributed by atoms with E-state index >= 15 is 0 Å². The van der Waals surface area contributed by atoms with Gasteiger partial charge in [-0.15, -0.1) is 0 Å². The average Bonchev–Trinajstić information content (AvgIpc) is 2.78. The average molecular weight is 418 g/mol. The fourth-order valence-corrected chi connectivity index (χ4v) is 4.40. The predicted octanol–water partition coefficient (Wildman–Crippen LogP) is 2.43. The molecule has 1 aliphatic heterocycles. The van der Waals surface area contributed by atoms with E-state index in [0.717, 1.165) is 49.5 Å². The van der Waals surface area contributed by atoms with Gasteiger partial charge in [0.05, 0.1) is 20.8 Å². The molecule has 2 aliphatic rings. The first-order chi connectivity index (χ1) is 14.6. The third-order valence-electron chi connectivity index (χ3n) is 6.21. The van der Waals surface area contributed by atoms with Crippen molar-refractivity contribution in [1.29, 1.82) is 0 Å². The maximum atomic E-state index is 12.5. The maximum absolute atomic E-state index is 12.5. The molecular formula is C23H35N3O4. The fraction of sp³-hybridized carbons (Fsp3) is 0.652. The molecule has 2 amide bonds. The number of amides is 2. The van der Waals surface area contributed by atoms with Gasteiger partial charge in [0.2, 0.25) is 11.8 Å². The summed E-state index contributed by atoms with van der Waals surface area (Å²) in [4.78, 5) is 28.8. The van der Waals surface area contributed by atoms with Gasteiger partial charge in [0.25, 0.3) is 0 Å². The summed E-state index contributed by atoms with van der Waals surface area (Å²) < 4.78 is 10.7. The second kappa shape index (κ2) is 11.2. The molecule has 0 atom stereocenters. The Morgan fingerprint density at radius 3 is 2.37 bits per heavy atom. The van der Waals surface area contributed by atoms with Crippen molar-refractivity contribution in [2.24, 2.45) is 5.92 Å². The van der Waals surface area contributed by atoms with Crippen LogP contribution in [0.2, 0.25) is 0 Å². The van der Waals surface area contributed by atoms with E-state index in [1.165, 1.54) is 19.3 Å². The van der Waals surface area contributed by atoms with E-state index in [1.54, 1.807) is 14.2 Å². The highest BCUT2D eigenvalue weighted by Gasteiger charge is 2.22. The van der Waals surface area contributed by atoms with Crippen molar-refractivity contribution in [3.8, 4) is 11.5 Å². The number of rotatable bonds is 8. The van der Waals surface area contributed by atoms with Crippen LogP contribution in [0.1, 0.15) is 44.1 Å². The molecule has 1 aliphatic carbocycles. The largest absolute Gasteiger partial charge is 0.493 e. The Morgan fingerprint density at radius 1 is 1.00 bits per heavy atom. The van der Waals surface area contributed by atoms with Crippen LogP contribution < -0.4 is 14.8 Å². The second-order valence-corrected chi connectivity index (χ2v) is 8.33. The van der Waals surface area contributed by atoms with Crippen LogP contribution in [-0.4, -0.2) is 68.6 Å². The summed E-state index contributed by atoms with van der Waals surface area (Å²) in [5.41, 5.74) is 1.16. The SMILES string of the molecule is COc1ccc(CN2CCN(C(=O)CNC(=O)CC3CCCCC3)CC2)cc1OC. The number of methoxy groups -OCH3 is 2. The van der Waals surface area contributed by atoms with Crippen LogP contribution in [0, 0.1) is 5.92 Å². The molecule has 3 rings (SSSR count). The molecule has 0 aromatic heterocycles. The number of ether oxygens (including phenoxy) is 2. The highest BCUT2D eigenvalue weighted by molar-refractivity contribution is 5.84. The zero-order chi connectivity index (χ0) is 21.3. The number of hydrogen-bond donors (Lipinski definition) is 1. The fourth-order valence-electron chi connectivity index (χ4n) is 4.40. The minimum Gasteiger partial charge on any atom is -0.493 e. The van der Waals surface area contributed by atoms with Gasteiger partial charge in [0, 0.05) is 39.1 Å². The Balaban J connectivity index is 1.38. The molecule has 1 N–H and O–H groups in total. The summed E-state index contributed by atoms with van der Waals surface area (Å²) in [6.45, 7) is 3.92. The van der Waals surface area contributed by atoms with Gasteiger partial charge in [-0.3, -0.25) is 14.5 Å². The first kappa shape index (κ1) is 22.4. The van der Waals surface area contributed by atoms with Crippen LogP contribution in [0.3, 0.4) is 0 Å². The predicted molar refractivity (Wildman–Crippen MR) is 116 cm³/mol. The van der Waals surface area contributed by atoms with E-state index in [-0.39, 0.29) is 18.4 Å². The molecule has 2 fully saturated rings. The molecule has 166 valence electrons. The molecule has 0 bridgehead atoms. The number of nitrogens with zero attached hydrogens (tertiary/aromatic N) is 2. The van der Waals surface area contributed by atoms with Crippen molar-refractivity contribution in [2.45, 2.75) is 45.1 Å². The van der Waals surface area contributed by atoms with Gasteiger partial charge in [0.1, 0.15) is 0 Å². The molecule has 1 aromatic rings. The molecule has 0 radical (unpaired) electrons. The van der Waals surface area contributed by atoms with Crippen LogP contribution in [0.25, 0.3) is 0 Å². The second-order valence-electron chi connectivity index (χ2n) is 8.33. The van der Waals surface area contributed by atoms with Gasteiger partial charge in [-0.05, 0) is 36.5 Å². The van der Waals surface area contributed by atoms with Gasteiger partial charge < -0.3 is 19.7 Å². The molecule has 1 heterocycles. The third kappa shape index (κ3) is 6.36. The number of nitrogens with one attached hydrogen (secondary N) is 1. The highest BCUT2D eigenvalue weighted by Crippen LogP contribution is 2.28. The van der Waals surface area contributed by atoms with Gasteiger partial charge in [-0.25, -0.2) is 0 Å². The smallest absolute Gasteiger partial charge is 0.242 e. The van der Waals surface area contributed by atoms with Crippen molar-refractivity contribution in [2.75, 3.05) is 46.9 Å². The highest BCUT2D eigenvalue weighted by atomic mass is 16.5. The molecule has 1 saturated carbocycles. The Hall–Kier alpha value is -2.28. The lowest BCUT2D eigenvalue weighted by Gasteiger charge is -2.35. The molecule has 1 aromatic carbocycles. The number of carbonyl (C=O) groups excluding carboxylic acids is 2. The molecule has 0 spiro atoms. The van der Waals surface area contributed by atoms with Crippen molar-refractivity contribution in [3.63, 3.8) is 0 Å². The van der Waals surface area contributed by atoms with Crippen LogP contribution in [0.15, 0.2) is 18.2 Å². The lowest BCUT2D eigenvalue weighted by molar-refractivity contribution is -0.134. The molecule has 7 nitrogen and oxygen atoms in total. The maximum Gasteiger partial charge on any atom is 0.242 e. The van der Waals surface area contributed by atoms with Crippen LogP contribution in [-0.2, 0) is 16.1 Å². The first-order valence-electron chi connectivity index (χ1n) is 11.1. The van der Waals surface area contributed by atoms with Gasteiger partial charge in [-0.1, -0.05) is 25.3 Å².